The van der Waals surface area contributed by atoms with Gasteiger partial charge in [-0.1, -0.05) is 0 Å². The van der Waals surface area contributed by atoms with Gasteiger partial charge in [0.2, 0.25) is 0 Å². The third kappa shape index (κ3) is 2.53. The van der Waals surface area contributed by atoms with E-state index in [0.717, 1.165) is 19.2 Å². The zero-order valence-electron chi connectivity index (χ0n) is 10.9. The molecule has 0 aromatic heterocycles. The van der Waals surface area contributed by atoms with Crippen LogP contribution in [0.1, 0.15) is 17.3 Å². The molecule has 1 aromatic rings. The molecule has 1 aliphatic heterocycles. The Hall–Kier alpha value is -1.69. The van der Waals surface area contributed by atoms with E-state index in [1.54, 1.807) is 4.90 Å². The Morgan fingerprint density at radius 1 is 1.32 bits per heavy atom. The fraction of sp³-hybridized carbons (Fsp3) is 0.462. The van der Waals surface area contributed by atoms with E-state index in [2.05, 4.69) is 4.90 Å². The van der Waals surface area contributed by atoms with Crippen molar-refractivity contribution in [1.29, 1.82) is 0 Å². The number of likely N-dealkylation sites (N-methyl/N-ethyl adjacent to an activating group) is 1. The van der Waals surface area contributed by atoms with E-state index in [4.69, 9.17) is 5.11 Å². The van der Waals surface area contributed by atoms with Gasteiger partial charge in [-0.3, -0.25) is 0 Å². The van der Waals surface area contributed by atoms with Crippen molar-refractivity contribution in [1.82, 2.24) is 4.90 Å². The van der Waals surface area contributed by atoms with Crippen LogP contribution in [0, 0.1) is 11.6 Å². The van der Waals surface area contributed by atoms with E-state index in [1.807, 2.05) is 14.0 Å². The summed E-state index contributed by atoms with van der Waals surface area (Å²) < 4.78 is 27.7. The molecule has 1 heterocycles. The molecular weight excluding hydrogens is 254 g/mol. The molecular formula is C13H16F2N2O2. The van der Waals surface area contributed by atoms with Crippen LogP contribution in [0.25, 0.3) is 0 Å². The number of carbonyl (C=O) groups is 1. The smallest absolute Gasteiger partial charge is 0.338 e. The monoisotopic (exact) mass is 270 g/mol. The lowest BCUT2D eigenvalue weighted by atomic mass is 10.1. The van der Waals surface area contributed by atoms with E-state index < -0.39 is 23.2 Å². The lowest BCUT2D eigenvalue weighted by molar-refractivity contribution is 0.0690. The number of hydrogen-bond acceptors (Lipinski definition) is 3. The molecule has 1 unspecified atom stereocenters. The quantitative estimate of drug-likeness (QED) is 0.890. The summed E-state index contributed by atoms with van der Waals surface area (Å²) in [6.07, 6.45) is 0. The fourth-order valence-corrected chi connectivity index (χ4v) is 2.42. The molecule has 1 aliphatic rings. The second kappa shape index (κ2) is 5.13. The van der Waals surface area contributed by atoms with Gasteiger partial charge in [0.15, 0.2) is 11.6 Å². The van der Waals surface area contributed by atoms with Crippen LogP contribution in [0.2, 0.25) is 0 Å². The summed E-state index contributed by atoms with van der Waals surface area (Å²) in [5.41, 5.74) is -0.508. The topological polar surface area (TPSA) is 43.8 Å². The molecule has 4 nitrogen and oxygen atoms in total. The first-order valence-corrected chi connectivity index (χ1v) is 6.08. The maximum atomic E-state index is 14.0. The Balaban J connectivity index is 2.36. The molecule has 19 heavy (non-hydrogen) atoms. The van der Waals surface area contributed by atoms with Crippen molar-refractivity contribution in [3.63, 3.8) is 0 Å². The van der Waals surface area contributed by atoms with Gasteiger partial charge in [0, 0.05) is 25.7 Å². The molecule has 0 spiro atoms. The lowest BCUT2D eigenvalue weighted by Crippen LogP contribution is -2.50. The molecule has 0 bridgehead atoms. The molecule has 1 saturated heterocycles. The molecule has 2 rings (SSSR count). The number of anilines is 1. The Bertz CT molecular complexity index is 508. The van der Waals surface area contributed by atoms with Crippen molar-refractivity contribution in [2.24, 2.45) is 0 Å². The average Bonchev–Trinajstić information content (AvgIpc) is 2.33. The van der Waals surface area contributed by atoms with Gasteiger partial charge in [-0.15, -0.1) is 0 Å². The molecule has 1 fully saturated rings. The standard InChI is InChI=1S/C13H16F2N2O2/c1-8-7-16(2)5-6-17(8)10-4-3-9(13(18)19)11(14)12(10)15/h3-4,8H,5-7H2,1-2H3,(H,18,19). The summed E-state index contributed by atoms with van der Waals surface area (Å²) in [4.78, 5) is 14.6. The largest absolute Gasteiger partial charge is 0.478 e. The number of rotatable bonds is 2. The molecule has 0 radical (unpaired) electrons. The fourth-order valence-electron chi connectivity index (χ4n) is 2.42. The third-order valence-corrected chi connectivity index (χ3v) is 3.43. The number of carboxylic acid groups (broad SMARTS) is 1. The van der Waals surface area contributed by atoms with E-state index in [1.165, 1.54) is 6.07 Å². The van der Waals surface area contributed by atoms with Crippen molar-refractivity contribution in [3.05, 3.63) is 29.3 Å². The Morgan fingerprint density at radius 3 is 2.58 bits per heavy atom. The van der Waals surface area contributed by atoms with Crippen LogP contribution in [-0.2, 0) is 0 Å². The summed E-state index contributed by atoms with van der Waals surface area (Å²) in [5.74, 6) is -3.85. The van der Waals surface area contributed by atoms with Crippen LogP contribution >= 0.6 is 0 Å². The lowest BCUT2D eigenvalue weighted by Gasteiger charge is -2.39. The summed E-state index contributed by atoms with van der Waals surface area (Å²) in [6.45, 7) is 4.02. The number of carboxylic acids is 1. The van der Waals surface area contributed by atoms with Crippen molar-refractivity contribution in [3.8, 4) is 0 Å². The minimum atomic E-state index is -1.46. The predicted octanol–water partition coefficient (Wildman–Crippen LogP) is 1.80. The van der Waals surface area contributed by atoms with Crippen LogP contribution < -0.4 is 4.90 Å². The van der Waals surface area contributed by atoms with Gasteiger partial charge < -0.3 is 14.9 Å². The molecule has 1 atom stereocenters. The van der Waals surface area contributed by atoms with Gasteiger partial charge in [-0.05, 0) is 26.1 Å². The number of hydrogen-bond donors (Lipinski definition) is 1. The normalized spacial score (nSPS) is 20.6. The van der Waals surface area contributed by atoms with Crippen LogP contribution in [0.5, 0.6) is 0 Å². The van der Waals surface area contributed by atoms with Crippen LogP contribution in [0.3, 0.4) is 0 Å². The maximum Gasteiger partial charge on any atom is 0.338 e. The van der Waals surface area contributed by atoms with E-state index >= 15 is 0 Å². The van der Waals surface area contributed by atoms with Gasteiger partial charge in [0.05, 0.1) is 11.3 Å². The Kier molecular flexibility index (Phi) is 3.71. The highest BCUT2D eigenvalue weighted by molar-refractivity contribution is 5.88. The highest BCUT2D eigenvalue weighted by Crippen LogP contribution is 2.27. The molecule has 6 heteroatoms. The summed E-state index contributed by atoms with van der Waals surface area (Å²) in [5, 5.41) is 8.75. The number of benzene rings is 1. The molecule has 1 N–H and O–H groups in total. The number of piperazine rings is 1. The molecule has 0 saturated carbocycles. The average molecular weight is 270 g/mol. The second-order valence-corrected chi connectivity index (χ2v) is 4.87. The summed E-state index contributed by atoms with van der Waals surface area (Å²) in [6, 6.07) is 2.49. The Labute approximate surface area is 110 Å². The first kappa shape index (κ1) is 13.7. The Morgan fingerprint density at radius 2 is 2.00 bits per heavy atom. The van der Waals surface area contributed by atoms with E-state index in [9.17, 15) is 13.6 Å². The minimum absolute atomic E-state index is 0.0447. The van der Waals surface area contributed by atoms with E-state index in [-0.39, 0.29) is 11.7 Å². The molecule has 0 aliphatic carbocycles. The second-order valence-electron chi connectivity index (χ2n) is 4.87. The van der Waals surface area contributed by atoms with Crippen LogP contribution in [0.15, 0.2) is 12.1 Å². The number of aromatic carboxylic acids is 1. The molecule has 0 amide bonds. The van der Waals surface area contributed by atoms with Gasteiger partial charge in [0.1, 0.15) is 0 Å². The molecule has 1 aromatic carbocycles. The van der Waals surface area contributed by atoms with Crippen molar-refractivity contribution in [2.75, 3.05) is 31.6 Å². The van der Waals surface area contributed by atoms with E-state index in [0.29, 0.717) is 6.54 Å². The number of halogens is 2. The zero-order valence-corrected chi connectivity index (χ0v) is 10.9. The third-order valence-electron chi connectivity index (χ3n) is 3.43. The highest BCUT2D eigenvalue weighted by Gasteiger charge is 2.27. The van der Waals surface area contributed by atoms with Crippen LogP contribution in [0.4, 0.5) is 14.5 Å². The minimum Gasteiger partial charge on any atom is -0.478 e. The summed E-state index contributed by atoms with van der Waals surface area (Å²) in [7, 11) is 1.97. The predicted molar refractivity (Wildman–Crippen MR) is 67.6 cm³/mol. The SMILES string of the molecule is CC1CN(C)CCN1c1ccc(C(=O)O)c(F)c1F. The first-order chi connectivity index (χ1) is 8.91. The summed E-state index contributed by atoms with van der Waals surface area (Å²) >= 11 is 0. The van der Waals surface area contributed by atoms with Crippen molar-refractivity contribution >= 4 is 11.7 Å². The number of nitrogens with zero attached hydrogens (tertiary/aromatic N) is 2. The maximum absolute atomic E-state index is 14.0. The zero-order chi connectivity index (χ0) is 14.2. The van der Waals surface area contributed by atoms with Crippen molar-refractivity contribution < 1.29 is 18.7 Å². The molecule has 104 valence electrons. The van der Waals surface area contributed by atoms with Gasteiger partial charge in [-0.25, -0.2) is 13.6 Å². The van der Waals surface area contributed by atoms with Gasteiger partial charge >= 0.3 is 5.97 Å². The van der Waals surface area contributed by atoms with Gasteiger partial charge in [0.25, 0.3) is 0 Å². The van der Waals surface area contributed by atoms with Gasteiger partial charge in [-0.2, -0.15) is 0 Å². The van der Waals surface area contributed by atoms with Crippen molar-refractivity contribution in [2.45, 2.75) is 13.0 Å². The van der Waals surface area contributed by atoms with Crippen LogP contribution in [-0.4, -0.2) is 48.7 Å². The first-order valence-electron chi connectivity index (χ1n) is 6.08. The highest BCUT2D eigenvalue weighted by atomic mass is 19.2.